The number of likely N-dealkylation sites (tertiary alicyclic amines) is 1. The van der Waals surface area contributed by atoms with Crippen molar-refractivity contribution in [1.29, 1.82) is 0 Å². The monoisotopic (exact) mass is 280 g/mol. The van der Waals surface area contributed by atoms with Gasteiger partial charge in [-0.15, -0.1) is 0 Å². The maximum absolute atomic E-state index is 12.5. The molecule has 0 aliphatic carbocycles. The fourth-order valence-corrected chi connectivity index (χ4v) is 2.61. The molecule has 2 heterocycles. The Hall–Kier alpha value is -1.82. The van der Waals surface area contributed by atoms with Crippen LogP contribution in [0.2, 0.25) is 0 Å². The van der Waals surface area contributed by atoms with Crippen LogP contribution in [0, 0.1) is 11.8 Å². The van der Waals surface area contributed by atoms with Crippen LogP contribution < -0.4 is 0 Å². The molecule has 110 valence electrons. The summed E-state index contributed by atoms with van der Waals surface area (Å²) in [5.74, 6) is -1.43. The van der Waals surface area contributed by atoms with E-state index in [2.05, 4.69) is 0 Å². The van der Waals surface area contributed by atoms with Gasteiger partial charge in [0.05, 0.1) is 12.5 Å². The van der Waals surface area contributed by atoms with Gasteiger partial charge in [0.1, 0.15) is 5.69 Å². The van der Waals surface area contributed by atoms with Crippen molar-refractivity contribution in [3.63, 3.8) is 0 Å². The summed E-state index contributed by atoms with van der Waals surface area (Å²) in [6.07, 6.45) is 1.83. The summed E-state index contributed by atoms with van der Waals surface area (Å²) in [6, 6.07) is 3.58. The lowest BCUT2D eigenvalue weighted by molar-refractivity contribution is -0.142. The highest BCUT2D eigenvalue weighted by Crippen LogP contribution is 2.24. The van der Waals surface area contributed by atoms with Gasteiger partial charge in [0.25, 0.3) is 5.91 Å². The molecule has 6 nitrogen and oxygen atoms in total. The summed E-state index contributed by atoms with van der Waals surface area (Å²) in [4.78, 5) is 25.2. The standard InChI is InChI=1S/C14H20N2O4/c1-10-8-16(9-11(10)14(18)19)13(17)12-4-3-5-15(12)6-7-20-2/h3-5,10-11H,6-9H2,1-2H3,(H,18,19). The van der Waals surface area contributed by atoms with Crippen LogP contribution in [0.5, 0.6) is 0 Å². The molecule has 6 heteroatoms. The highest BCUT2D eigenvalue weighted by molar-refractivity contribution is 5.93. The maximum atomic E-state index is 12.5. The lowest BCUT2D eigenvalue weighted by atomic mass is 9.99. The summed E-state index contributed by atoms with van der Waals surface area (Å²) in [6.45, 7) is 3.78. The van der Waals surface area contributed by atoms with Crippen molar-refractivity contribution in [1.82, 2.24) is 9.47 Å². The van der Waals surface area contributed by atoms with Crippen LogP contribution in [0.25, 0.3) is 0 Å². The first kappa shape index (κ1) is 14.6. The van der Waals surface area contributed by atoms with Crippen LogP contribution >= 0.6 is 0 Å². The Morgan fingerprint density at radius 3 is 2.80 bits per heavy atom. The molecule has 1 aliphatic heterocycles. The first-order chi connectivity index (χ1) is 9.54. The molecule has 2 atom stereocenters. The highest BCUT2D eigenvalue weighted by Gasteiger charge is 2.37. The van der Waals surface area contributed by atoms with E-state index < -0.39 is 11.9 Å². The fourth-order valence-electron chi connectivity index (χ4n) is 2.61. The van der Waals surface area contributed by atoms with Gasteiger partial charge < -0.3 is 19.3 Å². The maximum Gasteiger partial charge on any atom is 0.308 e. The predicted octanol–water partition coefficient (Wildman–Crippen LogP) is 0.927. The van der Waals surface area contributed by atoms with E-state index in [0.717, 1.165) is 0 Å². The number of carboxylic acids is 1. The smallest absolute Gasteiger partial charge is 0.308 e. The van der Waals surface area contributed by atoms with Crippen LogP contribution in [0.1, 0.15) is 17.4 Å². The summed E-state index contributed by atoms with van der Waals surface area (Å²) >= 11 is 0. The van der Waals surface area contributed by atoms with Crippen molar-refractivity contribution in [2.75, 3.05) is 26.8 Å². The number of hydrogen-bond acceptors (Lipinski definition) is 3. The zero-order chi connectivity index (χ0) is 14.7. The molecule has 0 bridgehead atoms. The van der Waals surface area contributed by atoms with Gasteiger partial charge in [0, 0.05) is 32.9 Å². The Morgan fingerprint density at radius 1 is 1.45 bits per heavy atom. The Kier molecular flexibility index (Phi) is 4.44. The Balaban J connectivity index is 2.09. The van der Waals surface area contributed by atoms with Crippen LogP contribution in [0.15, 0.2) is 18.3 Å². The van der Waals surface area contributed by atoms with Crippen LogP contribution in [0.4, 0.5) is 0 Å². The second kappa shape index (κ2) is 6.09. The number of carbonyl (C=O) groups excluding carboxylic acids is 1. The lowest BCUT2D eigenvalue weighted by Crippen LogP contribution is -2.31. The van der Waals surface area contributed by atoms with Crippen molar-refractivity contribution in [2.24, 2.45) is 11.8 Å². The van der Waals surface area contributed by atoms with Gasteiger partial charge in [0.15, 0.2) is 0 Å². The zero-order valence-corrected chi connectivity index (χ0v) is 11.8. The van der Waals surface area contributed by atoms with Crippen molar-refractivity contribution >= 4 is 11.9 Å². The van der Waals surface area contributed by atoms with Gasteiger partial charge in [-0.3, -0.25) is 9.59 Å². The van der Waals surface area contributed by atoms with Crippen LogP contribution in [0.3, 0.4) is 0 Å². The second-order valence-electron chi connectivity index (χ2n) is 5.21. The molecule has 1 amide bonds. The van der Waals surface area contributed by atoms with E-state index in [1.54, 1.807) is 18.1 Å². The van der Waals surface area contributed by atoms with Crippen LogP contribution in [-0.2, 0) is 16.1 Å². The summed E-state index contributed by atoms with van der Waals surface area (Å²) in [5, 5.41) is 9.12. The molecule has 0 spiro atoms. The average Bonchev–Trinajstić information content (AvgIpc) is 3.01. The van der Waals surface area contributed by atoms with E-state index in [-0.39, 0.29) is 18.4 Å². The highest BCUT2D eigenvalue weighted by atomic mass is 16.5. The number of amides is 1. The summed E-state index contributed by atoms with van der Waals surface area (Å²) in [5.41, 5.74) is 0.584. The third-order valence-electron chi connectivity index (χ3n) is 3.80. The van der Waals surface area contributed by atoms with Crippen molar-refractivity contribution in [2.45, 2.75) is 13.5 Å². The lowest BCUT2D eigenvalue weighted by Gasteiger charge is -2.17. The first-order valence-corrected chi connectivity index (χ1v) is 6.70. The van der Waals surface area contributed by atoms with Crippen LogP contribution in [-0.4, -0.2) is 53.3 Å². The molecule has 0 radical (unpaired) electrons. The third-order valence-corrected chi connectivity index (χ3v) is 3.80. The van der Waals surface area contributed by atoms with Gasteiger partial charge in [-0.05, 0) is 18.1 Å². The first-order valence-electron chi connectivity index (χ1n) is 6.70. The summed E-state index contributed by atoms with van der Waals surface area (Å²) in [7, 11) is 1.62. The minimum Gasteiger partial charge on any atom is -0.481 e. The number of aromatic nitrogens is 1. The van der Waals surface area contributed by atoms with Gasteiger partial charge in [-0.1, -0.05) is 6.92 Å². The second-order valence-corrected chi connectivity index (χ2v) is 5.21. The fraction of sp³-hybridized carbons (Fsp3) is 0.571. The van der Waals surface area contributed by atoms with Gasteiger partial charge in [-0.2, -0.15) is 0 Å². The molecule has 1 saturated heterocycles. The van der Waals surface area contributed by atoms with E-state index in [1.165, 1.54) is 0 Å². The van der Waals surface area contributed by atoms with E-state index in [0.29, 0.717) is 25.4 Å². The zero-order valence-electron chi connectivity index (χ0n) is 11.8. The van der Waals surface area contributed by atoms with Crippen molar-refractivity contribution < 1.29 is 19.4 Å². The van der Waals surface area contributed by atoms with Gasteiger partial charge >= 0.3 is 5.97 Å². The summed E-state index contributed by atoms with van der Waals surface area (Å²) < 4.78 is 6.86. The van der Waals surface area contributed by atoms with Gasteiger partial charge in [-0.25, -0.2) is 0 Å². The Labute approximate surface area is 117 Å². The number of methoxy groups -OCH3 is 1. The topological polar surface area (TPSA) is 71.8 Å². The molecule has 2 unspecified atom stereocenters. The average molecular weight is 280 g/mol. The normalized spacial score (nSPS) is 22.2. The molecule has 1 aliphatic rings. The van der Waals surface area contributed by atoms with E-state index in [9.17, 15) is 9.59 Å². The minimum absolute atomic E-state index is 0.0150. The number of carboxylic acid groups (broad SMARTS) is 1. The molecular formula is C14H20N2O4. The molecular weight excluding hydrogens is 260 g/mol. The molecule has 0 saturated carbocycles. The van der Waals surface area contributed by atoms with E-state index in [1.807, 2.05) is 23.8 Å². The Morgan fingerprint density at radius 2 is 2.20 bits per heavy atom. The quantitative estimate of drug-likeness (QED) is 0.871. The predicted molar refractivity (Wildman–Crippen MR) is 72.5 cm³/mol. The van der Waals surface area contributed by atoms with Crippen molar-refractivity contribution in [3.8, 4) is 0 Å². The molecule has 0 aromatic carbocycles. The largest absolute Gasteiger partial charge is 0.481 e. The molecule has 1 aromatic heterocycles. The molecule has 2 rings (SSSR count). The van der Waals surface area contributed by atoms with Gasteiger partial charge in [0.2, 0.25) is 0 Å². The number of rotatable bonds is 5. The number of aliphatic carboxylic acids is 1. The molecule has 1 N–H and O–H groups in total. The minimum atomic E-state index is -0.831. The Bertz CT molecular complexity index is 497. The SMILES string of the molecule is COCCn1cccc1C(=O)N1CC(C)C(C(=O)O)C1. The third kappa shape index (κ3) is 2.85. The number of nitrogens with zero attached hydrogens (tertiary/aromatic N) is 2. The number of carbonyl (C=O) groups is 2. The number of ether oxygens (including phenoxy) is 1. The van der Waals surface area contributed by atoms with E-state index >= 15 is 0 Å². The molecule has 1 aromatic rings. The van der Waals surface area contributed by atoms with E-state index in [4.69, 9.17) is 9.84 Å². The number of hydrogen-bond donors (Lipinski definition) is 1. The van der Waals surface area contributed by atoms with Crippen molar-refractivity contribution in [3.05, 3.63) is 24.0 Å². The molecule has 1 fully saturated rings. The molecule has 20 heavy (non-hydrogen) atoms.